The lowest BCUT2D eigenvalue weighted by Crippen LogP contribution is -2.31. The van der Waals surface area contributed by atoms with E-state index in [1.54, 1.807) is 11.9 Å². The molecule has 104 valence electrons. The van der Waals surface area contributed by atoms with Gasteiger partial charge in [-0.25, -0.2) is 0 Å². The second-order valence-corrected chi connectivity index (χ2v) is 5.25. The molecule has 2 atom stereocenters. The number of carboxylic acid groups (broad SMARTS) is 1. The number of amides is 1. The Hall–Kier alpha value is -1.78. The molecule has 0 aliphatic heterocycles. The molecule has 1 fully saturated rings. The number of carbonyl (C=O) groups excluding carboxylic acids is 1. The van der Waals surface area contributed by atoms with Crippen molar-refractivity contribution in [2.24, 2.45) is 11.8 Å². The van der Waals surface area contributed by atoms with Crippen molar-refractivity contribution in [3.8, 4) is 0 Å². The zero-order valence-electron chi connectivity index (χ0n) is 11.3. The molecule has 0 spiro atoms. The van der Waals surface area contributed by atoms with E-state index in [2.05, 4.69) is 0 Å². The summed E-state index contributed by atoms with van der Waals surface area (Å²) in [6.07, 6.45) is 1.71. The second-order valence-electron chi connectivity index (χ2n) is 5.25. The van der Waals surface area contributed by atoms with E-state index in [0.29, 0.717) is 25.8 Å². The molecule has 0 radical (unpaired) electrons. The summed E-state index contributed by atoms with van der Waals surface area (Å²) in [5.41, 5.74) is 0. The quantitative estimate of drug-likeness (QED) is 0.904. The number of carboxylic acids is 1. The van der Waals surface area contributed by atoms with Gasteiger partial charge in [0.05, 0.1) is 12.5 Å². The lowest BCUT2D eigenvalue weighted by Gasteiger charge is -2.19. The van der Waals surface area contributed by atoms with Gasteiger partial charge in [-0.1, -0.05) is 0 Å². The van der Waals surface area contributed by atoms with Crippen LogP contribution in [0.4, 0.5) is 0 Å². The summed E-state index contributed by atoms with van der Waals surface area (Å²) in [4.78, 5) is 24.7. The van der Waals surface area contributed by atoms with Crippen molar-refractivity contribution < 1.29 is 19.1 Å². The van der Waals surface area contributed by atoms with Crippen LogP contribution >= 0.6 is 0 Å². The van der Waals surface area contributed by atoms with E-state index in [-0.39, 0.29) is 17.7 Å². The van der Waals surface area contributed by atoms with Crippen molar-refractivity contribution >= 4 is 11.9 Å². The number of rotatable bonds is 4. The molecule has 1 saturated carbocycles. The predicted molar refractivity (Wildman–Crippen MR) is 68.4 cm³/mol. The minimum atomic E-state index is -0.792. The monoisotopic (exact) mass is 265 g/mol. The summed E-state index contributed by atoms with van der Waals surface area (Å²) >= 11 is 0. The first kappa shape index (κ1) is 13.6. The fraction of sp³-hybridized carbons (Fsp3) is 0.571. The topological polar surface area (TPSA) is 70.8 Å². The molecule has 5 nitrogen and oxygen atoms in total. The van der Waals surface area contributed by atoms with Crippen LogP contribution in [0.2, 0.25) is 0 Å². The van der Waals surface area contributed by atoms with Crippen molar-refractivity contribution in [3.05, 3.63) is 23.7 Å². The number of aryl methyl sites for hydroxylation is 1. The highest BCUT2D eigenvalue weighted by Crippen LogP contribution is 2.32. The van der Waals surface area contributed by atoms with Crippen LogP contribution in [0.3, 0.4) is 0 Å². The highest BCUT2D eigenvalue weighted by atomic mass is 16.4. The average molecular weight is 265 g/mol. The zero-order chi connectivity index (χ0) is 14.0. The van der Waals surface area contributed by atoms with Gasteiger partial charge in [-0.05, 0) is 38.3 Å². The lowest BCUT2D eigenvalue weighted by atomic mass is 10.0. The highest BCUT2D eigenvalue weighted by molar-refractivity contribution is 5.80. The predicted octanol–water partition coefficient (Wildman–Crippen LogP) is 2.05. The number of furan rings is 1. The van der Waals surface area contributed by atoms with E-state index < -0.39 is 5.97 Å². The summed E-state index contributed by atoms with van der Waals surface area (Å²) in [6, 6.07) is 3.72. The molecule has 1 aromatic heterocycles. The van der Waals surface area contributed by atoms with Crippen LogP contribution in [0.1, 0.15) is 30.8 Å². The third kappa shape index (κ3) is 3.16. The maximum absolute atomic E-state index is 12.2. The maximum atomic E-state index is 12.2. The van der Waals surface area contributed by atoms with Crippen molar-refractivity contribution in [3.63, 3.8) is 0 Å². The summed E-state index contributed by atoms with van der Waals surface area (Å²) in [5.74, 6) is 0.261. The molecule has 0 unspecified atom stereocenters. The van der Waals surface area contributed by atoms with Gasteiger partial charge in [-0.15, -0.1) is 0 Å². The Bertz CT molecular complexity index is 480. The number of nitrogens with zero attached hydrogens (tertiary/aromatic N) is 1. The summed E-state index contributed by atoms with van der Waals surface area (Å²) < 4.78 is 5.44. The largest absolute Gasteiger partial charge is 0.481 e. The zero-order valence-corrected chi connectivity index (χ0v) is 11.3. The smallest absolute Gasteiger partial charge is 0.306 e. The van der Waals surface area contributed by atoms with Crippen LogP contribution in [0.5, 0.6) is 0 Å². The standard InChI is InChI=1S/C14H19NO4/c1-9-3-6-12(19-9)8-15(2)13(16)10-4-5-11(7-10)14(17)18/h3,6,10-11H,4-5,7-8H2,1-2H3,(H,17,18)/t10-,11+/m1/s1. The van der Waals surface area contributed by atoms with E-state index >= 15 is 0 Å². The summed E-state index contributed by atoms with van der Waals surface area (Å²) in [7, 11) is 1.73. The minimum absolute atomic E-state index is 0.0119. The second kappa shape index (κ2) is 5.47. The molecule has 5 heteroatoms. The molecule has 1 N–H and O–H groups in total. The summed E-state index contributed by atoms with van der Waals surface area (Å²) in [5, 5.41) is 8.95. The number of hydrogen-bond acceptors (Lipinski definition) is 3. The molecule has 1 aromatic rings. The molecule has 0 bridgehead atoms. The van der Waals surface area contributed by atoms with Crippen LogP contribution in [0.25, 0.3) is 0 Å². The van der Waals surface area contributed by atoms with Crippen LogP contribution in [-0.2, 0) is 16.1 Å². The van der Waals surface area contributed by atoms with Gasteiger partial charge in [-0.2, -0.15) is 0 Å². The molecule has 2 rings (SSSR count). The first-order chi connectivity index (χ1) is 8.97. The summed E-state index contributed by atoms with van der Waals surface area (Å²) in [6.45, 7) is 2.29. The Morgan fingerprint density at radius 1 is 1.37 bits per heavy atom. The Balaban J connectivity index is 1.91. The average Bonchev–Trinajstić information content (AvgIpc) is 2.97. The van der Waals surface area contributed by atoms with E-state index in [0.717, 1.165) is 11.5 Å². The normalized spacial score (nSPS) is 22.4. The van der Waals surface area contributed by atoms with Crippen molar-refractivity contribution in [1.29, 1.82) is 0 Å². The van der Waals surface area contributed by atoms with E-state index in [4.69, 9.17) is 9.52 Å². The first-order valence-electron chi connectivity index (χ1n) is 6.50. The fourth-order valence-electron chi connectivity index (χ4n) is 2.62. The molecule has 19 heavy (non-hydrogen) atoms. The van der Waals surface area contributed by atoms with Gasteiger partial charge in [0.1, 0.15) is 11.5 Å². The van der Waals surface area contributed by atoms with Crippen molar-refractivity contribution in [1.82, 2.24) is 4.90 Å². The molecule has 1 heterocycles. The molecular weight excluding hydrogens is 246 g/mol. The van der Waals surface area contributed by atoms with Crippen LogP contribution < -0.4 is 0 Å². The highest BCUT2D eigenvalue weighted by Gasteiger charge is 2.35. The van der Waals surface area contributed by atoms with Gasteiger partial charge in [0.25, 0.3) is 0 Å². The van der Waals surface area contributed by atoms with Crippen LogP contribution in [-0.4, -0.2) is 28.9 Å². The van der Waals surface area contributed by atoms with Gasteiger partial charge in [0, 0.05) is 13.0 Å². The lowest BCUT2D eigenvalue weighted by molar-refractivity contribution is -0.141. The van der Waals surface area contributed by atoms with Gasteiger partial charge in [0.2, 0.25) is 5.91 Å². The minimum Gasteiger partial charge on any atom is -0.481 e. The number of carbonyl (C=O) groups is 2. The van der Waals surface area contributed by atoms with Gasteiger partial charge < -0.3 is 14.4 Å². The molecule has 1 aliphatic rings. The third-order valence-electron chi connectivity index (χ3n) is 3.70. The maximum Gasteiger partial charge on any atom is 0.306 e. The third-order valence-corrected chi connectivity index (χ3v) is 3.70. The van der Waals surface area contributed by atoms with Crippen molar-refractivity contribution in [2.45, 2.75) is 32.7 Å². The molecule has 0 saturated heterocycles. The van der Waals surface area contributed by atoms with Crippen LogP contribution in [0, 0.1) is 18.8 Å². The SMILES string of the molecule is Cc1ccc(CN(C)C(=O)[C@@H]2CC[C@H](C(=O)O)C2)o1. The van der Waals surface area contributed by atoms with Crippen molar-refractivity contribution in [2.75, 3.05) is 7.05 Å². The van der Waals surface area contributed by atoms with Crippen LogP contribution in [0.15, 0.2) is 16.5 Å². The molecule has 1 amide bonds. The number of aliphatic carboxylic acids is 1. The first-order valence-corrected chi connectivity index (χ1v) is 6.50. The van der Waals surface area contributed by atoms with E-state index in [1.165, 1.54) is 0 Å². The van der Waals surface area contributed by atoms with E-state index in [1.807, 2.05) is 19.1 Å². The van der Waals surface area contributed by atoms with Gasteiger partial charge in [-0.3, -0.25) is 9.59 Å². The Kier molecular flexibility index (Phi) is 3.93. The Labute approximate surface area is 112 Å². The number of hydrogen-bond donors (Lipinski definition) is 1. The van der Waals surface area contributed by atoms with Gasteiger partial charge >= 0.3 is 5.97 Å². The fourth-order valence-corrected chi connectivity index (χ4v) is 2.62. The Morgan fingerprint density at radius 3 is 2.58 bits per heavy atom. The molecule has 1 aliphatic carbocycles. The molecular formula is C14H19NO4. The molecule has 0 aromatic carbocycles. The Morgan fingerprint density at radius 2 is 2.05 bits per heavy atom. The van der Waals surface area contributed by atoms with Gasteiger partial charge in [0.15, 0.2) is 0 Å². The van der Waals surface area contributed by atoms with E-state index in [9.17, 15) is 9.59 Å².